The Bertz CT molecular complexity index is 335. The lowest BCUT2D eigenvalue weighted by Gasteiger charge is -2.09. The molecule has 2 N–H and O–H groups in total. The third kappa shape index (κ3) is 2.15. The minimum Gasteiger partial charge on any atom is -0.497 e. The molecule has 0 fully saturated rings. The summed E-state index contributed by atoms with van der Waals surface area (Å²) in [5.41, 5.74) is 6.25. The Kier molecular flexibility index (Phi) is 3.32. The lowest BCUT2D eigenvalue weighted by molar-refractivity contribution is 0.393. The van der Waals surface area contributed by atoms with E-state index in [9.17, 15) is 0 Å². The van der Waals surface area contributed by atoms with Gasteiger partial charge in [0.25, 0.3) is 0 Å². The number of methoxy groups -OCH3 is 2. The smallest absolute Gasteiger partial charge is 0.122 e. The highest BCUT2D eigenvalue weighted by molar-refractivity contribution is 5.41. The van der Waals surface area contributed by atoms with E-state index >= 15 is 0 Å². The maximum Gasteiger partial charge on any atom is 0.122 e. The predicted octanol–water partition coefficient (Wildman–Crippen LogP) is 1.23. The molecule has 1 aromatic carbocycles. The van der Waals surface area contributed by atoms with Gasteiger partial charge in [0.05, 0.1) is 20.3 Å². The first-order valence-corrected chi connectivity index (χ1v) is 4.09. The van der Waals surface area contributed by atoms with Gasteiger partial charge in [-0.1, -0.05) is 0 Å². The summed E-state index contributed by atoms with van der Waals surface area (Å²) >= 11 is 0. The fraction of sp³-hybridized carbons (Fsp3) is 0.300. The average Bonchev–Trinajstić information content (AvgIpc) is 2.27. The molecule has 0 radical (unpaired) electrons. The molecule has 0 saturated carbocycles. The maximum absolute atomic E-state index is 8.66. The first-order chi connectivity index (χ1) is 6.71. The summed E-state index contributed by atoms with van der Waals surface area (Å²) in [5.74, 6) is 1.26. The number of ether oxygens (including phenoxy) is 2. The minimum absolute atomic E-state index is 0.630. The molecule has 0 amide bonds. The lowest BCUT2D eigenvalue weighted by Crippen LogP contribution is -2.07. The standard InChI is InChI=1S/C10H12N2O2/c1-13-8-3-7(10(12)6-11)4-9(5-8)14-2/h3-5,10H,12H2,1-2H3/t10-/m1/s1. The zero-order valence-electron chi connectivity index (χ0n) is 8.15. The normalized spacial score (nSPS) is 11.6. The van der Waals surface area contributed by atoms with Crippen LogP contribution in [-0.4, -0.2) is 14.2 Å². The van der Waals surface area contributed by atoms with E-state index in [-0.39, 0.29) is 0 Å². The van der Waals surface area contributed by atoms with E-state index in [0.717, 1.165) is 0 Å². The van der Waals surface area contributed by atoms with Gasteiger partial charge in [0.15, 0.2) is 0 Å². The summed E-state index contributed by atoms with van der Waals surface area (Å²) < 4.78 is 10.1. The van der Waals surface area contributed by atoms with Gasteiger partial charge in [-0.25, -0.2) is 0 Å². The van der Waals surface area contributed by atoms with Gasteiger partial charge in [-0.05, 0) is 17.7 Å². The van der Waals surface area contributed by atoms with Crippen molar-refractivity contribution >= 4 is 0 Å². The van der Waals surface area contributed by atoms with Crippen molar-refractivity contribution in [1.29, 1.82) is 5.26 Å². The fourth-order valence-electron chi connectivity index (χ4n) is 1.08. The minimum atomic E-state index is -0.654. The van der Waals surface area contributed by atoms with E-state index in [1.54, 1.807) is 32.4 Å². The number of benzene rings is 1. The molecule has 0 spiro atoms. The van der Waals surface area contributed by atoms with Crippen molar-refractivity contribution in [2.24, 2.45) is 5.73 Å². The van der Waals surface area contributed by atoms with Crippen molar-refractivity contribution in [1.82, 2.24) is 0 Å². The molecule has 4 nitrogen and oxygen atoms in total. The third-order valence-corrected chi connectivity index (χ3v) is 1.87. The van der Waals surface area contributed by atoms with E-state index < -0.39 is 6.04 Å². The second-order valence-electron chi connectivity index (χ2n) is 2.75. The summed E-state index contributed by atoms with van der Waals surface area (Å²) in [7, 11) is 3.10. The van der Waals surface area contributed by atoms with Crippen LogP contribution in [0.25, 0.3) is 0 Å². The van der Waals surface area contributed by atoms with Gasteiger partial charge in [-0.3, -0.25) is 0 Å². The van der Waals surface area contributed by atoms with Gasteiger partial charge < -0.3 is 15.2 Å². The van der Waals surface area contributed by atoms with Crippen LogP contribution in [-0.2, 0) is 0 Å². The van der Waals surface area contributed by atoms with Gasteiger partial charge in [0.2, 0.25) is 0 Å². The first kappa shape index (κ1) is 10.4. The molecule has 14 heavy (non-hydrogen) atoms. The molecule has 0 unspecified atom stereocenters. The average molecular weight is 192 g/mol. The quantitative estimate of drug-likeness (QED) is 0.782. The highest BCUT2D eigenvalue weighted by Crippen LogP contribution is 2.25. The van der Waals surface area contributed by atoms with Gasteiger partial charge in [0.1, 0.15) is 17.5 Å². The van der Waals surface area contributed by atoms with Gasteiger partial charge in [-0.2, -0.15) is 5.26 Å². The molecule has 0 heterocycles. The second-order valence-corrected chi connectivity index (χ2v) is 2.75. The van der Waals surface area contributed by atoms with Crippen molar-refractivity contribution in [3.05, 3.63) is 23.8 Å². The largest absolute Gasteiger partial charge is 0.497 e. The molecule has 0 saturated heterocycles. The number of nitriles is 1. The molecule has 1 rings (SSSR count). The summed E-state index contributed by atoms with van der Waals surface area (Å²) in [5, 5.41) is 8.66. The number of rotatable bonds is 3. The Balaban J connectivity index is 3.12. The molecule has 0 bridgehead atoms. The van der Waals surface area contributed by atoms with Crippen LogP contribution in [0, 0.1) is 11.3 Å². The van der Waals surface area contributed by atoms with Crippen LogP contribution >= 0.6 is 0 Å². The van der Waals surface area contributed by atoms with E-state index in [1.807, 2.05) is 6.07 Å². The van der Waals surface area contributed by atoms with Crippen LogP contribution in [0.2, 0.25) is 0 Å². The zero-order valence-corrected chi connectivity index (χ0v) is 8.15. The Morgan fingerprint density at radius 2 is 1.71 bits per heavy atom. The summed E-state index contributed by atoms with van der Waals surface area (Å²) in [6, 6.07) is 6.46. The van der Waals surface area contributed by atoms with Crippen LogP contribution in [0.15, 0.2) is 18.2 Å². The summed E-state index contributed by atoms with van der Waals surface area (Å²) in [6.07, 6.45) is 0. The van der Waals surface area contributed by atoms with Gasteiger partial charge in [0, 0.05) is 6.07 Å². The van der Waals surface area contributed by atoms with Crippen molar-refractivity contribution in [2.45, 2.75) is 6.04 Å². The van der Waals surface area contributed by atoms with Crippen LogP contribution in [0.1, 0.15) is 11.6 Å². The predicted molar refractivity (Wildman–Crippen MR) is 52.1 cm³/mol. The van der Waals surface area contributed by atoms with Crippen molar-refractivity contribution in [2.75, 3.05) is 14.2 Å². The Labute approximate surface area is 82.9 Å². The molecular weight excluding hydrogens is 180 g/mol. The monoisotopic (exact) mass is 192 g/mol. The maximum atomic E-state index is 8.66. The number of nitrogens with two attached hydrogens (primary N) is 1. The molecule has 1 aromatic rings. The first-order valence-electron chi connectivity index (χ1n) is 4.09. The molecule has 4 heteroatoms. The van der Waals surface area contributed by atoms with Crippen LogP contribution < -0.4 is 15.2 Å². The Morgan fingerprint density at radius 1 is 1.21 bits per heavy atom. The zero-order chi connectivity index (χ0) is 10.6. The molecule has 0 aliphatic heterocycles. The van der Waals surface area contributed by atoms with Crippen LogP contribution in [0.5, 0.6) is 11.5 Å². The molecule has 0 aliphatic rings. The highest BCUT2D eigenvalue weighted by Gasteiger charge is 2.08. The van der Waals surface area contributed by atoms with Crippen molar-refractivity contribution in [3.63, 3.8) is 0 Å². The highest BCUT2D eigenvalue weighted by atomic mass is 16.5. The van der Waals surface area contributed by atoms with E-state index in [2.05, 4.69) is 0 Å². The Hall–Kier alpha value is -1.73. The van der Waals surface area contributed by atoms with Crippen LogP contribution in [0.3, 0.4) is 0 Å². The van der Waals surface area contributed by atoms with E-state index in [4.69, 9.17) is 20.5 Å². The summed E-state index contributed by atoms with van der Waals surface area (Å²) in [4.78, 5) is 0. The van der Waals surface area contributed by atoms with Gasteiger partial charge >= 0.3 is 0 Å². The van der Waals surface area contributed by atoms with Crippen molar-refractivity contribution < 1.29 is 9.47 Å². The summed E-state index contributed by atoms with van der Waals surface area (Å²) in [6.45, 7) is 0. The molecule has 0 aromatic heterocycles. The number of nitrogens with zero attached hydrogens (tertiary/aromatic N) is 1. The number of hydrogen-bond acceptors (Lipinski definition) is 4. The van der Waals surface area contributed by atoms with E-state index in [1.165, 1.54) is 0 Å². The SMILES string of the molecule is COc1cc(OC)cc([C@H](N)C#N)c1. The van der Waals surface area contributed by atoms with Gasteiger partial charge in [-0.15, -0.1) is 0 Å². The Morgan fingerprint density at radius 3 is 2.07 bits per heavy atom. The van der Waals surface area contributed by atoms with Crippen molar-refractivity contribution in [3.8, 4) is 17.6 Å². The van der Waals surface area contributed by atoms with E-state index in [0.29, 0.717) is 17.1 Å². The molecular formula is C10H12N2O2. The second kappa shape index (κ2) is 4.49. The topological polar surface area (TPSA) is 68.3 Å². The molecule has 1 atom stereocenters. The third-order valence-electron chi connectivity index (χ3n) is 1.87. The lowest BCUT2D eigenvalue weighted by atomic mass is 10.1. The van der Waals surface area contributed by atoms with Crippen LogP contribution in [0.4, 0.5) is 0 Å². The number of hydrogen-bond donors (Lipinski definition) is 1. The molecule has 0 aliphatic carbocycles. The fourth-order valence-corrected chi connectivity index (χ4v) is 1.08. The molecule has 74 valence electrons.